The number of nitrogens with zero attached hydrogens (tertiary/aromatic N) is 1. The molecule has 0 amide bonds. The van der Waals surface area contributed by atoms with Crippen molar-refractivity contribution < 1.29 is 14.3 Å². The minimum absolute atomic E-state index is 0.312. The number of ether oxygens (including phenoxy) is 1. The molecule has 0 radical (unpaired) electrons. The Morgan fingerprint density at radius 1 is 1.16 bits per heavy atom. The molecule has 1 aromatic heterocycles. The molecule has 4 heteroatoms. The van der Waals surface area contributed by atoms with Crippen LogP contribution in [0.25, 0.3) is 0 Å². The number of hydrogen-bond donors (Lipinski definition) is 1. The van der Waals surface area contributed by atoms with E-state index < -0.39 is 6.10 Å². The number of benzene rings is 1. The minimum atomic E-state index is -0.508. The predicted octanol–water partition coefficient (Wildman–Crippen LogP) is 4.01. The second-order valence-corrected chi connectivity index (χ2v) is 7.09. The van der Waals surface area contributed by atoms with Crippen LogP contribution in [0.5, 0.6) is 0 Å². The molecule has 0 saturated carbocycles. The van der Waals surface area contributed by atoms with Crippen molar-refractivity contribution in [3.63, 3.8) is 0 Å². The number of aliphatic hydroxyl groups is 1. The van der Waals surface area contributed by atoms with E-state index in [9.17, 15) is 5.11 Å². The molecule has 0 bridgehead atoms. The number of aliphatic hydroxyl groups excluding tert-OH is 1. The first-order valence-corrected chi connectivity index (χ1v) is 9.09. The van der Waals surface area contributed by atoms with Gasteiger partial charge in [-0.15, -0.1) is 0 Å². The highest BCUT2D eigenvalue weighted by Gasteiger charge is 2.14. The van der Waals surface area contributed by atoms with E-state index in [0.717, 1.165) is 25.3 Å². The smallest absolute Gasteiger partial charge is 0.129 e. The molecule has 138 valence electrons. The van der Waals surface area contributed by atoms with Gasteiger partial charge >= 0.3 is 0 Å². The van der Waals surface area contributed by atoms with Crippen LogP contribution in [0.1, 0.15) is 37.2 Å². The van der Waals surface area contributed by atoms with Gasteiger partial charge in [0.05, 0.1) is 19.0 Å². The Bertz CT molecular complexity index is 595. The summed E-state index contributed by atoms with van der Waals surface area (Å²) in [6, 6.07) is 12.2. The lowest BCUT2D eigenvalue weighted by Gasteiger charge is -2.26. The fraction of sp³-hybridized carbons (Fsp3) is 0.524. The highest BCUT2D eigenvalue weighted by atomic mass is 16.5. The molecule has 0 fully saturated rings. The monoisotopic (exact) mass is 345 g/mol. The Balaban J connectivity index is 1.84. The molecule has 0 saturated heterocycles. The van der Waals surface area contributed by atoms with Gasteiger partial charge in [0.15, 0.2) is 0 Å². The molecule has 2 rings (SSSR count). The lowest BCUT2D eigenvalue weighted by Crippen LogP contribution is -2.35. The summed E-state index contributed by atoms with van der Waals surface area (Å²) in [6.07, 6.45) is 2.24. The maximum atomic E-state index is 10.4. The standard InChI is InChI=1S/C21H31NO3/c1-17(2)10-11-22(13-19-8-5-4-7-18(19)3)14-20(23)15-24-16-21-9-6-12-25-21/h4-9,12,17,20,23H,10-11,13-16H2,1-3H3. The number of hydrogen-bond acceptors (Lipinski definition) is 4. The van der Waals surface area contributed by atoms with Crippen molar-refractivity contribution in [2.45, 2.75) is 46.4 Å². The van der Waals surface area contributed by atoms with Crippen molar-refractivity contribution >= 4 is 0 Å². The normalized spacial score (nSPS) is 12.9. The first-order valence-electron chi connectivity index (χ1n) is 9.09. The number of rotatable bonds is 11. The van der Waals surface area contributed by atoms with Crippen LogP contribution < -0.4 is 0 Å². The molecule has 1 N–H and O–H groups in total. The zero-order chi connectivity index (χ0) is 18.1. The first kappa shape index (κ1) is 19.7. The fourth-order valence-corrected chi connectivity index (χ4v) is 2.75. The summed E-state index contributed by atoms with van der Waals surface area (Å²) in [5, 5.41) is 10.4. The quantitative estimate of drug-likeness (QED) is 0.668. The Morgan fingerprint density at radius 2 is 1.96 bits per heavy atom. The minimum Gasteiger partial charge on any atom is -0.467 e. The molecule has 25 heavy (non-hydrogen) atoms. The van der Waals surface area contributed by atoms with E-state index in [-0.39, 0.29) is 0 Å². The van der Waals surface area contributed by atoms with E-state index in [1.165, 1.54) is 11.1 Å². The van der Waals surface area contributed by atoms with E-state index in [1.807, 2.05) is 12.1 Å². The van der Waals surface area contributed by atoms with Gasteiger partial charge in [0.25, 0.3) is 0 Å². The van der Waals surface area contributed by atoms with Crippen molar-refractivity contribution in [2.24, 2.45) is 5.92 Å². The van der Waals surface area contributed by atoms with Gasteiger partial charge in [0.2, 0.25) is 0 Å². The van der Waals surface area contributed by atoms with E-state index in [1.54, 1.807) is 6.26 Å². The highest BCUT2D eigenvalue weighted by molar-refractivity contribution is 5.25. The zero-order valence-corrected chi connectivity index (χ0v) is 15.6. The zero-order valence-electron chi connectivity index (χ0n) is 15.6. The molecule has 0 spiro atoms. The third kappa shape index (κ3) is 7.43. The molecule has 1 unspecified atom stereocenters. The SMILES string of the molecule is Cc1ccccc1CN(CCC(C)C)CC(O)COCc1ccco1. The van der Waals surface area contributed by atoms with Crippen molar-refractivity contribution in [1.82, 2.24) is 4.90 Å². The third-order valence-electron chi connectivity index (χ3n) is 4.28. The van der Waals surface area contributed by atoms with Crippen molar-refractivity contribution in [1.29, 1.82) is 0 Å². The third-order valence-corrected chi connectivity index (χ3v) is 4.28. The summed E-state index contributed by atoms with van der Waals surface area (Å²) in [4.78, 5) is 2.32. The van der Waals surface area contributed by atoms with Gasteiger partial charge in [0.1, 0.15) is 12.4 Å². The molecule has 0 aliphatic rings. The van der Waals surface area contributed by atoms with E-state index >= 15 is 0 Å². The van der Waals surface area contributed by atoms with Crippen molar-refractivity contribution in [2.75, 3.05) is 19.7 Å². The lowest BCUT2D eigenvalue weighted by molar-refractivity contribution is 0.00323. The van der Waals surface area contributed by atoms with Crippen LogP contribution in [0, 0.1) is 12.8 Å². The second-order valence-electron chi connectivity index (χ2n) is 7.09. The predicted molar refractivity (Wildman–Crippen MR) is 100 cm³/mol. The van der Waals surface area contributed by atoms with Gasteiger partial charge in [-0.1, -0.05) is 38.1 Å². The van der Waals surface area contributed by atoms with E-state index in [2.05, 4.69) is 49.9 Å². The molecule has 0 aliphatic heterocycles. The number of furan rings is 1. The van der Waals surface area contributed by atoms with Crippen molar-refractivity contribution in [3.8, 4) is 0 Å². The molecule has 1 atom stereocenters. The van der Waals surface area contributed by atoms with Crippen LogP contribution in [0.2, 0.25) is 0 Å². The summed E-state index contributed by atoms with van der Waals surface area (Å²) in [6.45, 7) is 9.75. The van der Waals surface area contributed by atoms with Crippen LogP contribution in [0.4, 0.5) is 0 Å². The largest absolute Gasteiger partial charge is 0.467 e. The summed E-state index contributed by atoms with van der Waals surface area (Å²) in [5.74, 6) is 1.43. The summed E-state index contributed by atoms with van der Waals surface area (Å²) < 4.78 is 10.8. The van der Waals surface area contributed by atoms with Gasteiger partial charge in [-0.25, -0.2) is 0 Å². The molecule has 1 heterocycles. The summed E-state index contributed by atoms with van der Waals surface area (Å²) >= 11 is 0. The maximum absolute atomic E-state index is 10.4. The highest BCUT2D eigenvalue weighted by Crippen LogP contribution is 2.13. The van der Waals surface area contributed by atoms with Crippen LogP contribution in [0.15, 0.2) is 47.1 Å². The Kier molecular flexibility index (Phi) is 8.19. The van der Waals surface area contributed by atoms with Crippen LogP contribution in [0.3, 0.4) is 0 Å². The Morgan fingerprint density at radius 3 is 2.64 bits per heavy atom. The maximum Gasteiger partial charge on any atom is 0.129 e. The molecule has 4 nitrogen and oxygen atoms in total. The Labute approximate surface area is 151 Å². The second kappa shape index (κ2) is 10.4. The topological polar surface area (TPSA) is 45.8 Å². The first-order chi connectivity index (χ1) is 12.0. The summed E-state index contributed by atoms with van der Waals surface area (Å²) in [5.41, 5.74) is 2.61. The number of aryl methyl sites for hydroxylation is 1. The van der Waals surface area contributed by atoms with E-state index in [4.69, 9.17) is 9.15 Å². The molecule has 0 aliphatic carbocycles. The molecular formula is C21H31NO3. The van der Waals surface area contributed by atoms with E-state index in [0.29, 0.717) is 25.7 Å². The molecular weight excluding hydrogens is 314 g/mol. The van der Waals surface area contributed by atoms with Crippen LogP contribution in [-0.4, -0.2) is 35.8 Å². The van der Waals surface area contributed by atoms with Gasteiger partial charge in [-0.3, -0.25) is 4.90 Å². The van der Waals surface area contributed by atoms with Crippen molar-refractivity contribution in [3.05, 3.63) is 59.5 Å². The van der Waals surface area contributed by atoms with Gasteiger partial charge in [-0.05, 0) is 49.1 Å². The van der Waals surface area contributed by atoms with Crippen LogP contribution in [-0.2, 0) is 17.9 Å². The van der Waals surface area contributed by atoms with Gasteiger partial charge in [0, 0.05) is 13.1 Å². The van der Waals surface area contributed by atoms with Gasteiger partial charge in [-0.2, -0.15) is 0 Å². The van der Waals surface area contributed by atoms with Gasteiger partial charge < -0.3 is 14.3 Å². The van der Waals surface area contributed by atoms with Crippen LogP contribution >= 0.6 is 0 Å². The summed E-state index contributed by atoms with van der Waals surface area (Å²) in [7, 11) is 0. The fourth-order valence-electron chi connectivity index (χ4n) is 2.75. The molecule has 1 aromatic carbocycles. The Hall–Kier alpha value is -1.62. The lowest BCUT2D eigenvalue weighted by atomic mass is 10.1. The average molecular weight is 345 g/mol. The molecule has 2 aromatic rings. The average Bonchev–Trinajstić information content (AvgIpc) is 3.08.